The average molecular weight is 493 g/mol. The lowest BCUT2D eigenvalue weighted by Crippen LogP contribution is -2.31. The lowest BCUT2D eigenvalue weighted by molar-refractivity contribution is -0.113. The van der Waals surface area contributed by atoms with Gasteiger partial charge in [-0.2, -0.15) is 0 Å². The summed E-state index contributed by atoms with van der Waals surface area (Å²) in [7, 11) is 0. The number of carbonyl (C=O) groups is 2. The van der Waals surface area contributed by atoms with E-state index in [1.807, 2.05) is 11.5 Å². The molecule has 0 bridgehead atoms. The van der Waals surface area contributed by atoms with Crippen molar-refractivity contribution in [3.8, 4) is 0 Å². The van der Waals surface area contributed by atoms with Crippen LogP contribution in [-0.4, -0.2) is 37.3 Å². The van der Waals surface area contributed by atoms with Gasteiger partial charge in [-0.05, 0) is 43.5 Å². The number of nitrogens with one attached hydrogen (secondary N) is 2. The van der Waals surface area contributed by atoms with Gasteiger partial charge in [0.2, 0.25) is 5.91 Å². The standard InChI is InChI=1S/C21H25ClN6O2S2/c1-4-28-18(26-27-21(28)32-12-17(29)25-20-23-9-10-31-20)16(11-13(2)3)24-19(30)14-5-7-15(22)8-6-14/h5-10,13,16H,4,11-12H2,1-3H3,(H,24,30)(H,23,25,29)/t16-/m0/s1. The summed E-state index contributed by atoms with van der Waals surface area (Å²) in [6.45, 7) is 6.78. The molecule has 0 fully saturated rings. The van der Waals surface area contributed by atoms with E-state index in [-0.39, 0.29) is 23.6 Å². The summed E-state index contributed by atoms with van der Waals surface area (Å²) >= 11 is 8.60. The minimum Gasteiger partial charge on any atom is -0.342 e. The first-order chi connectivity index (χ1) is 15.4. The highest BCUT2D eigenvalue weighted by atomic mass is 35.5. The summed E-state index contributed by atoms with van der Waals surface area (Å²) in [4.78, 5) is 29.1. The molecule has 2 amide bonds. The van der Waals surface area contributed by atoms with Crippen molar-refractivity contribution in [2.45, 2.75) is 44.9 Å². The van der Waals surface area contributed by atoms with Crippen molar-refractivity contribution in [2.24, 2.45) is 5.92 Å². The van der Waals surface area contributed by atoms with Crippen molar-refractivity contribution in [1.82, 2.24) is 25.1 Å². The summed E-state index contributed by atoms with van der Waals surface area (Å²) in [5, 5.41) is 18.1. The van der Waals surface area contributed by atoms with Gasteiger partial charge in [0, 0.05) is 28.7 Å². The Hall–Kier alpha value is -2.43. The van der Waals surface area contributed by atoms with Crippen LogP contribution >= 0.6 is 34.7 Å². The monoisotopic (exact) mass is 492 g/mol. The van der Waals surface area contributed by atoms with Crippen LogP contribution in [0.25, 0.3) is 0 Å². The number of aromatic nitrogens is 4. The lowest BCUT2D eigenvalue weighted by Gasteiger charge is -2.21. The van der Waals surface area contributed by atoms with Gasteiger partial charge in [-0.25, -0.2) is 4.98 Å². The Morgan fingerprint density at radius 3 is 2.59 bits per heavy atom. The van der Waals surface area contributed by atoms with Crippen LogP contribution in [0.1, 0.15) is 49.4 Å². The largest absolute Gasteiger partial charge is 0.342 e. The third-order valence-corrected chi connectivity index (χ3v) is 6.41. The minimum absolute atomic E-state index is 0.160. The van der Waals surface area contributed by atoms with E-state index in [4.69, 9.17) is 11.6 Å². The normalized spacial score (nSPS) is 12.0. The maximum Gasteiger partial charge on any atom is 0.251 e. The highest BCUT2D eigenvalue weighted by molar-refractivity contribution is 7.99. The van der Waals surface area contributed by atoms with Crippen molar-refractivity contribution in [2.75, 3.05) is 11.1 Å². The molecule has 0 saturated carbocycles. The Labute approximate surface area is 200 Å². The number of nitrogens with zero attached hydrogens (tertiary/aromatic N) is 4. The molecule has 0 saturated heterocycles. The molecule has 2 aromatic heterocycles. The molecule has 8 nitrogen and oxygen atoms in total. The fourth-order valence-corrected chi connectivity index (χ4v) is 4.56. The van der Waals surface area contributed by atoms with Crippen molar-refractivity contribution < 1.29 is 9.59 Å². The van der Waals surface area contributed by atoms with E-state index in [1.54, 1.807) is 35.8 Å². The van der Waals surface area contributed by atoms with Gasteiger partial charge in [-0.15, -0.1) is 21.5 Å². The molecule has 0 unspecified atom stereocenters. The predicted molar refractivity (Wildman–Crippen MR) is 128 cm³/mol. The number of anilines is 1. The van der Waals surface area contributed by atoms with Gasteiger partial charge >= 0.3 is 0 Å². The number of hydrogen-bond acceptors (Lipinski definition) is 7. The molecular formula is C21H25ClN6O2S2. The van der Waals surface area contributed by atoms with Gasteiger partial charge in [0.05, 0.1) is 11.8 Å². The van der Waals surface area contributed by atoms with Crippen molar-refractivity contribution >= 4 is 51.6 Å². The van der Waals surface area contributed by atoms with Crippen LogP contribution in [-0.2, 0) is 11.3 Å². The highest BCUT2D eigenvalue weighted by Crippen LogP contribution is 2.25. The Morgan fingerprint density at radius 2 is 1.97 bits per heavy atom. The Morgan fingerprint density at radius 1 is 1.22 bits per heavy atom. The molecule has 3 rings (SSSR count). The van der Waals surface area contributed by atoms with E-state index in [2.05, 4.69) is 39.7 Å². The van der Waals surface area contributed by atoms with Crippen LogP contribution in [0.2, 0.25) is 5.02 Å². The molecule has 0 radical (unpaired) electrons. The number of benzene rings is 1. The molecule has 0 spiro atoms. The number of hydrogen-bond donors (Lipinski definition) is 2. The summed E-state index contributed by atoms with van der Waals surface area (Å²) in [6.07, 6.45) is 2.34. The van der Waals surface area contributed by atoms with Crippen LogP contribution < -0.4 is 10.6 Å². The minimum atomic E-state index is -0.316. The first kappa shape index (κ1) is 24.2. The molecule has 0 aliphatic heterocycles. The van der Waals surface area contributed by atoms with Gasteiger partial charge < -0.3 is 15.2 Å². The lowest BCUT2D eigenvalue weighted by atomic mass is 10.0. The third kappa shape index (κ3) is 6.54. The molecule has 1 atom stereocenters. The third-order valence-electron chi connectivity index (χ3n) is 4.50. The fraction of sp³-hybridized carbons (Fsp3) is 0.381. The Bertz CT molecular complexity index is 1040. The molecule has 32 heavy (non-hydrogen) atoms. The summed E-state index contributed by atoms with van der Waals surface area (Å²) < 4.78 is 1.94. The molecule has 1 aromatic carbocycles. The highest BCUT2D eigenvalue weighted by Gasteiger charge is 2.24. The van der Waals surface area contributed by atoms with Gasteiger partial charge in [-0.1, -0.05) is 37.2 Å². The number of amides is 2. The number of carbonyl (C=O) groups excluding carboxylic acids is 2. The van der Waals surface area contributed by atoms with Crippen molar-refractivity contribution in [1.29, 1.82) is 0 Å². The molecule has 2 N–H and O–H groups in total. The summed E-state index contributed by atoms with van der Waals surface area (Å²) in [6, 6.07) is 6.44. The molecular weight excluding hydrogens is 468 g/mol. The smallest absolute Gasteiger partial charge is 0.251 e. The Balaban J connectivity index is 1.73. The number of thiazole rings is 1. The van der Waals surface area contributed by atoms with E-state index in [1.165, 1.54) is 23.1 Å². The van der Waals surface area contributed by atoms with E-state index >= 15 is 0 Å². The first-order valence-corrected chi connectivity index (χ1v) is 12.4. The molecule has 11 heteroatoms. The van der Waals surface area contributed by atoms with Gasteiger partial charge in [0.15, 0.2) is 16.1 Å². The average Bonchev–Trinajstić information content (AvgIpc) is 3.41. The zero-order valence-corrected chi connectivity index (χ0v) is 20.4. The predicted octanol–water partition coefficient (Wildman–Crippen LogP) is 4.66. The number of rotatable bonds is 10. The molecule has 0 aliphatic rings. The zero-order chi connectivity index (χ0) is 23.1. The summed E-state index contributed by atoms with van der Waals surface area (Å²) in [5.74, 6) is 0.824. The van der Waals surface area contributed by atoms with Gasteiger partial charge in [0.25, 0.3) is 5.91 Å². The zero-order valence-electron chi connectivity index (χ0n) is 18.0. The van der Waals surface area contributed by atoms with Crippen molar-refractivity contribution in [3.63, 3.8) is 0 Å². The van der Waals surface area contributed by atoms with E-state index in [0.29, 0.717) is 45.6 Å². The van der Waals surface area contributed by atoms with Gasteiger partial charge in [-0.3, -0.25) is 9.59 Å². The SMILES string of the molecule is CCn1c(SCC(=O)Nc2nccs2)nnc1[C@H](CC(C)C)NC(=O)c1ccc(Cl)cc1. The van der Waals surface area contributed by atoms with Crippen LogP contribution in [0.15, 0.2) is 41.0 Å². The molecule has 3 aromatic rings. The second-order valence-corrected chi connectivity index (χ2v) is 9.70. The van der Waals surface area contributed by atoms with Crippen LogP contribution in [0.4, 0.5) is 5.13 Å². The Kier molecular flexibility index (Phi) is 8.66. The van der Waals surface area contributed by atoms with Crippen molar-refractivity contribution in [3.05, 3.63) is 52.3 Å². The maximum atomic E-state index is 12.8. The van der Waals surface area contributed by atoms with Crippen LogP contribution in [0, 0.1) is 5.92 Å². The second-order valence-electron chi connectivity index (χ2n) is 7.42. The summed E-state index contributed by atoms with van der Waals surface area (Å²) in [5.41, 5.74) is 0.527. The second kappa shape index (κ2) is 11.4. The van der Waals surface area contributed by atoms with E-state index < -0.39 is 0 Å². The van der Waals surface area contributed by atoms with Crippen LogP contribution in [0.3, 0.4) is 0 Å². The quantitative estimate of drug-likeness (QED) is 0.399. The molecule has 0 aliphatic carbocycles. The van der Waals surface area contributed by atoms with E-state index in [9.17, 15) is 9.59 Å². The van der Waals surface area contributed by atoms with Crippen LogP contribution in [0.5, 0.6) is 0 Å². The molecule has 170 valence electrons. The van der Waals surface area contributed by atoms with E-state index in [0.717, 1.165) is 0 Å². The first-order valence-electron chi connectivity index (χ1n) is 10.2. The topological polar surface area (TPSA) is 102 Å². The molecule has 2 heterocycles. The number of thioether (sulfide) groups is 1. The van der Waals surface area contributed by atoms with Gasteiger partial charge in [0.1, 0.15) is 0 Å². The fourth-order valence-electron chi connectivity index (χ4n) is 3.08. The number of halogens is 1. The maximum absolute atomic E-state index is 12.8.